The number of hydrogen-bond acceptors (Lipinski definition) is 7. The van der Waals surface area contributed by atoms with E-state index in [0.717, 1.165) is 10.6 Å². The number of alkyl halides is 4. The predicted octanol–water partition coefficient (Wildman–Crippen LogP) is 3.77. The van der Waals surface area contributed by atoms with Crippen LogP contribution in [0.25, 0.3) is 17.1 Å². The Morgan fingerprint density at radius 2 is 2.03 bits per heavy atom. The second-order valence-corrected chi connectivity index (χ2v) is 10.8. The van der Waals surface area contributed by atoms with Crippen LogP contribution in [0.3, 0.4) is 0 Å². The zero-order chi connectivity index (χ0) is 26.3. The smallest absolute Gasteiger partial charge is 0.348 e. The monoisotopic (exact) mass is 587 g/mol. The maximum Gasteiger partial charge on any atom is 0.420 e. The van der Waals surface area contributed by atoms with Crippen molar-refractivity contribution in [1.29, 1.82) is 5.26 Å². The minimum atomic E-state index is -4.79. The molecule has 2 atom stereocenters. The van der Waals surface area contributed by atoms with Gasteiger partial charge < -0.3 is 9.88 Å². The second-order valence-electron chi connectivity index (χ2n) is 8.05. The van der Waals surface area contributed by atoms with Gasteiger partial charge in [0.25, 0.3) is 0 Å². The Bertz CT molecular complexity index is 1440. The molecule has 0 spiro atoms. The molecule has 2 aromatic heterocycles. The molecular formula is C21H18BrF4N7O2S. The van der Waals surface area contributed by atoms with Crippen LogP contribution in [-0.4, -0.2) is 63.8 Å². The zero-order valence-corrected chi connectivity index (χ0v) is 20.9. The van der Waals surface area contributed by atoms with Gasteiger partial charge in [0, 0.05) is 25.5 Å². The molecule has 0 amide bonds. The zero-order valence-electron chi connectivity index (χ0n) is 18.5. The number of nitrogens with one attached hydrogen (secondary N) is 1. The molecule has 3 heterocycles. The molecular weight excluding hydrogens is 570 g/mol. The Kier molecular flexibility index (Phi) is 7.04. The number of benzene rings is 1. The highest BCUT2D eigenvalue weighted by Crippen LogP contribution is 2.36. The second kappa shape index (κ2) is 9.75. The summed E-state index contributed by atoms with van der Waals surface area (Å²) in [5, 5.41) is 11.9. The molecule has 0 aliphatic carbocycles. The topological polar surface area (TPSA) is 117 Å². The number of anilines is 1. The first kappa shape index (κ1) is 26.0. The number of nitriles is 1. The number of imidazole rings is 1. The predicted molar refractivity (Wildman–Crippen MR) is 125 cm³/mol. The van der Waals surface area contributed by atoms with Gasteiger partial charge in [-0.3, -0.25) is 0 Å². The fourth-order valence-corrected chi connectivity index (χ4v) is 5.15. The third-order valence-corrected chi connectivity index (χ3v) is 7.69. The molecule has 1 N–H and O–H groups in total. The van der Waals surface area contributed by atoms with E-state index in [4.69, 9.17) is 0 Å². The normalized spacial score (nSPS) is 19.1. The summed E-state index contributed by atoms with van der Waals surface area (Å²) in [6.07, 6.45) is -2.15. The van der Waals surface area contributed by atoms with Crippen molar-refractivity contribution in [1.82, 2.24) is 23.8 Å². The van der Waals surface area contributed by atoms with Crippen LogP contribution in [0.2, 0.25) is 0 Å². The number of hydrogen-bond donors (Lipinski definition) is 1. The molecule has 0 bridgehead atoms. The summed E-state index contributed by atoms with van der Waals surface area (Å²) < 4.78 is 82.1. The van der Waals surface area contributed by atoms with Gasteiger partial charge in [-0.05, 0) is 34.5 Å². The minimum absolute atomic E-state index is 0.0471. The van der Waals surface area contributed by atoms with Crippen LogP contribution < -0.4 is 5.32 Å². The van der Waals surface area contributed by atoms with Gasteiger partial charge in [-0.25, -0.2) is 27.8 Å². The molecule has 3 aromatic rings. The van der Waals surface area contributed by atoms with Crippen LogP contribution in [0.5, 0.6) is 0 Å². The van der Waals surface area contributed by atoms with Crippen LogP contribution in [0.1, 0.15) is 17.5 Å². The lowest BCUT2D eigenvalue weighted by atomic mass is 10.1. The van der Waals surface area contributed by atoms with Gasteiger partial charge in [0.2, 0.25) is 16.0 Å². The third kappa shape index (κ3) is 5.35. The van der Waals surface area contributed by atoms with Gasteiger partial charge in [-0.2, -0.15) is 22.7 Å². The Hall–Kier alpha value is -3.09. The van der Waals surface area contributed by atoms with Gasteiger partial charge in [-0.15, -0.1) is 0 Å². The van der Waals surface area contributed by atoms with Gasteiger partial charge >= 0.3 is 6.18 Å². The molecule has 1 aliphatic heterocycles. The van der Waals surface area contributed by atoms with E-state index in [-0.39, 0.29) is 31.2 Å². The fraction of sp³-hybridized carbons (Fsp3) is 0.333. The molecule has 9 nitrogen and oxygen atoms in total. The first-order valence-corrected chi connectivity index (χ1v) is 13.1. The number of aromatic nitrogens is 4. The van der Waals surface area contributed by atoms with Crippen LogP contribution >= 0.6 is 15.9 Å². The summed E-state index contributed by atoms with van der Waals surface area (Å²) >= 11 is 3.32. The van der Waals surface area contributed by atoms with Gasteiger partial charge in [0.15, 0.2) is 0 Å². The average Bonchev–Trinajstić information content (AvgIpc) is 3.29. The van der Waals surface area contributed by atoms with E-state index in [1.807, 2.05) is 6.07 Å². The number of rotatable bonds is 5. The standard InChI is InChI=1S/C21H18BrF4N7O2S/c1-36(34,35)33-6-5-15(14(23)9-33)30-20-28-8-13(21(24,25)26)19(31-20)16-10-32(11-29-16)17-4-2-3-12(7-27)18(17)22/h2-4,8,10-11,14-15H,5-6,9H2,1H3,(H,28,30,31)/t14-,15+/m1/s1. The Labute approximate surface area is 212 Å². The molecule has 0 radical (unpaired) electrons. The molecule has 1 fully saturated rings. The summed E-state index contributed by atoms with van der Waals surface area (Å²) in [6, 6.07) is 5.96. The molecule has 1 aliphatic rings. The molecule has 1 saturated heterocycles. The Balaban J connectivity index is 1.66. The Morgan fingerprint density at radius 3 is 2.67 bits per heavy atom. The van der Waals surface area contributed by atoms with Gasteiger partial charge in [0.05, 0.1) is 28.0 Å². The van der Waals surface area contributed by atoms with E-state index in [1.54, 1.807) is 18.2 Å². The maximum absolute atomic E-state index is 14.6. The van der Waals surface area contributed by atoms with Gasteiger partial charge in [0.1, 0.15) is 35.5 Å². The van der Waals surface area contributed by atoms with Crippen molar-refractivity contribution >= 4 is 31.9 Å². The van der Waals surface area contributed by atoms with Crippen molar-refractivity contribution in [3.8, 4) is 23.1 Å². The summed E-state index contributed by atoms with van der Waals surface area (Å²) in [5.74, 6) is -0.249. The van der Waals surface area contributed by atoms with Crippen molar-refractivity contribution in [2.24, 2.45) is 0 Å². The summed E-state index contributed by atoms with van der Waals surface area (Å²) in [6.45, 7) is -0.337. The van der Waals surface area contributed by atoms with Crippen LogP contribution in [-0.2, 0) is 16.2 Å². The summed E-state index contributed by atoms with van der Waals surface area (Å²) in [5.41, 5.74) is -0.963. The minimum Gasteiger partial charge on any atom is -0.348 e. The van der Waals surface area contributed by atoms with Crippen molar-refractivity contribution < 1.29 is 26.0 Å². The molecule has 0 saturated carbocycles. The first-order chi connectivity index (χ1) is 16.9. The molecule has 0 unspecified atom stereocenters. The van der Waals surface area contributed by atoms with Crippen molar-refractivity contribution in [2.75, 3.05) is 24.7 Å². The number of nitrogens with zero attached hydrogens (tertiary/aromatic N) is 6. The first-order valence-electron chi connectivity index (χ1n) is 10.4. The van der Waals surface area contributed by atoms with Crippen LogP contribution in [0, 0.1) is 11.3 Å². The maximum atomic E-state index is 14.6. The van der Waals surface area contributed by atoms with E-state index in [1.165, 1.54) is 17.1 Å². The van der Waals surface area contributed by atoms with E-state index in [0.29, 0.717) is 21.9 Å². The van der Waals surface area contributed by atoms with Crippen molar-refractivity contribution in [3.05, 3.63) is 52.5 Å². The van der Waals surface area contributed by atoms with Gasteiger partial charge in [-0.1, -0.05) is 6.07 Å². The van der Waals surface area contributed by atoms with Crippen molar-refractivity contribution in [2.45, 2.75) is 24.8 Å². The quantitative estimate of drug-likeness (QED) is 0.452. The summed E-state index contributed by atoms with van der Waals surface area (Å²) in [4.78, 5) is 11.8. The average molecular weight is 588 g/mol. The largest absolute Gasteiger partial charge is 0.420 e. The van der Waals surface area contributed by atoms with E-state index in [9.17, 15) is 31.2 Å². The molecule has 190 valence electrons. The van der Waals surface area contributed by atoms with Crippen LogP contribution in [0.4, 0.5) is 23.5 Å². The van der Waals surface area contributed by atoms with E-state index >= 15 is 0 Å². The lowest BCUT2D eigenvalue weighted by molar-refractivity contribution is -0.137. The third-order valence-electron chi connectivity index (χ3n) is 5.58. The molecule has 1 aromatic carbocycles. The number of piperidine rings is 1. The fourth-order valence-electron chi connectivity index (χ4n) is 3.74. The lowest BCUT2D eigenvalue weighted by Gasteiger charge is -2.33. The van der Waals surface area contributed by atoms with E-state index in [2.05, 4.69) is 36.2 Å². The van der Waals surface area contributed by atoms with E-state index < -0.39 is 39.7 Å². The lowest BCUT2D eigenvalue weighted by Crippen LogP contribution is -2.49. The number of halogens is 5. The SMILES string of the molecule is CS(=O)(=O)N1CC[C@H](Nc2ncc(C(F)(F)F)c(-c3cn(-c4cccc(C#N)c4Br)cn3)n2)[C@H](F)C1. The van der Waals surface area contributed by atoms with Crippen molar-refractivity contribution in [3.63, 3.8) is 0 Å². The Morgan fingerprint density at radius 1 is 1.28 bits per heavy atom. The van der Waals surface area contributed by atoms with Crippen LogP contribution in [0.15, 0.2) is 41.4 Å². The summed E-state index contributed by atoms with van der Waals surface area (Å²) in [7, 11) is -3.57. The molecule has 15 heteroatoms. The molecule has 4 rings (SSSR count). The highest BCUT2D eigenvalue weighted by Gasteiger charge is 2.37. The molecule has 36 heavy (non-hydrogen) atoms. The number of sulfonamides is 1. The highest BCUT2D eigenvalue weighted by molar-refractivity contribution is 9.10. The highest BCUT2D eigenvalue weighted by atomic mass is 79.9.